The summed E-state index contributed by atoms with van der Waals surface area (Å²) in [4.78, 5) is 0. The van der Waals surface area contributed by atoms with Crippen molar-refractivity contribution < 1.29 is 0 Å². The van der Waals surface area contributed by atoms with Crippen LogP contribution in [0.5, 0.6) is 0 Å². The van der Waals surface area contributed by atoms with Crippen molar-refractivity contribution in [3.63, 3.8) is 0 Å². The largest absolute Gasteiger partial charge is 0.0853 e. The van der Waals surface area contributed by atoms with Gasteiger partial charge in [0.15, 0.2) is 0 Å². The third-order valence-corrected chi connectivity index (χ3v) is 5.28. The van der Waals surface area contributed by atoms with E-state index in [0.717, 1.165) is 0 Å². The van der Waals surface area contributed by atoms with Gasteiger partial charge >= 0.3 is 0 Å². The van der Waals surface area contributed by atoms with Crippen LogP contribution in [0.1, 0.15) is 135 Å². The normalized spacial score (nSPS) is 13.5. The van der Waals surface area contributed by atoms with E-state index in [0.29, 0.717) is 0 Å². The Morgan fingerprint density at radius 2 is 0.870 bits per heavy atom. The van der Waals surface area contributed by atoms with E-state index >= 15 is 0 Å². The van der Waals surface area contributed by atoms with Crippen molar-refractivity contribution in [3.05, 3.63) is 11.6 Å². The Labute approximate surface area is 147 Å². The summed E-state index contributed by atoms with van der Waals surface area (Å²) >= 11 is 0. The summed E-state index contributed by atoms with van der Waals surface area (Å²) in [6, 6.07) is 0. The summed E-state index contributed by atoms with van der Waals surface area (Å²) in [6.07, 6.45) is 31.6. The highest BCUT2D eigenvalue weighted by atomic mass is 14.1. The first-order valence-corrected chi connectivity index (χ1v) is 11.1. The van der Waals surface area contributed by atoms with Gasteiger partial charge in [-0.15, -0.1) is 0 Å². The molecule has 0 N–H and O–H groups in total. The van der Waals surface area contributed by atoms with Crippen LogP contribution in [-0.2, 0) is 0 Å². The first-order chi connectivity index (χ1) is 11.4. The highest BCUT2D eigenvalue weighted by Gasteiger charge is 2.08. The molecule has 1 fully saturated rings. The molecule has 1 aliphatic rings. The molecule has 0 aromatic heterocycles. The van der Waals surface area contributed by atoms with Crippen molar-refractivity contribution in [1.29, 1.82) is 0 Å². The Bertz CT molecular complexity index is 257. The zero-order chi connectivity index (χ0) is 16.4. The Morgan fingerprint density at radius 1 is 0.522 bits per heavy atom. The predicted octanol–water partition coefficient (Wildman–Crippen LogP) is 8.75. The Balaban J connectivity index is 1.61. The number of rotatable bonds is 18. The number of hydrogen-bond acceptors (Lipinski definition) is 0. The Morgan fingerprint density at radius 3 is 1.22 bits per heavy atom. The third kappa shape index (κ3) is 16.4. The minimum absolute atomic E-state index is 1.36. The van der Waals surface area contributed by atoms with Crippen LogP contribution < -0.4 is 0 Å². The summed E-state index contributed by atoms with van der Waals surface area (Å²) in [6.45, 7) is 2.30. The van der Waals surface area contributed by atoms with Gasteiger partial charge in [-0.3, -0.25) is 0 Å². The van der Waals surface area contributed by atoms with Gasteiger partial charge in [-0.05, 0) is 25.7 Å². The van der Waals surface area contributed by atoms with Crippen LogP contribution in [0, 0.1) is 0 Å². The molecule has 0 aromatic carbocycles. The zero-order valence-electron chi connectivity index (χ0n) is 16.2. The van der Waals surface area contributed by atoms with Crippen molar-refractivity contribution in [3.8, 4) is 0 Å². The summed E-state index contributed by atoms with van der Waals surface area (Å²) in [5.41, 5.74) is 1.72. The molecule has 0 bridgehead atoms. The van der Waals surface area contributed by atoms with Gasteiger partial charge in [0, 0.05) is 0 Å². The van der Waals surface area contributed by atoms with Crippen LogP contribution in [0.25, 0.3) is 0 Å². The average Bonchev–Trinajstić information content (AvgIpc) is 3.38. The van der Waals surface area contributed by atoms with E-state index in [1.807, 2.05) is 0 Å². The molecule has 0 nitrogen and oxygen atoms in total. The highest BCUT2D eigenvalue weighted by molar-refractivity contribution is 5.15. The second kappa shape index (κ2) is 16.6. The molecule has 23 heavy (non-hydrogen) atoms. The summed E-state index contributed by atoms with van der Waals surface area (Å²) in [5, 5.41) is 0. The highest BCUT2D eigenvalue weighted by Crippen LogP contribution is 2.28. The monoisotopic (exact) mass is 320 g/mol. The van der Waals surface area contributed by atoms with Crippen molar-refractivity contribution >= 4 is 0 Å². The van der Waals surface area contributed by atoms with Crippen molar-refractivity contribution in [2.24, 2.45) is 0 Å². The summed E-state index contributed by atoms with van der Waals surface area (Å²) < 4.78 is 0. The molecule has 0 heteroatoms. The van der Waals surface area contributed by atoms with Gasteiger partial charge in [-0.1, -0.05) is 121 Å². The average molecular weight is 321 g/mol. The summed E-state index contributed by atoms with van der Waals surface area (Å²) in [7, 11) is 0. The number of allylic oxidation sites excluding steroid dienone is 2. The molecule has 0 atom stereocenters. The van der Waals surface area contributed by atoms with E-state index in [1.54, 1.807) is 5.57 Å². The fourth-order valence-corrected chi connectivity index (χ4v) is 3.45. The first-order valence-electron chi connectivity index (χ1n) is 11.1. The molecule has 136 valence electrons. The van der Waals surface area contributed by atoms with E-state index in [1.165, 1.54) is 128 Å². The molecule has 1 saturated carbocycles. The summed E-state index contributed by atoms with van der Waals surface area (Å²) in [5.74, 6) is 0. The number of hydrogen-bond donors (Lipinski definition) is 0. The minimum Gasteiger partial charge on any atom is -0.0853 e. The molecule has 0 heterocycles. The van der Waals surface area contributed by atoms with Crippen LogP contribution >= 0.6 is 0 Å². The SMILES string of the molecule is CCCCCCCCCCCCCCCCCCCC=C1CC1. The van der Waals surface area contributed by atoms with Crippen LogP contribution in [0.4, 0.5) is 0 Å². The molecular formula is C23H44. The Kier molecular flexibility index (Phi) is 15.0. The molecule has 0 radical (unpaired) electrons. The smallest absolute Gasteiger partial charge is 0.0283 e. The number of unbranched alkanes of at least 4 members (excludes halogenated alkanes) is 17. The van der Waals surface area contributed by atoms with E-state index in [9.17, 15) is 0 Å². The van der Waals surface area contributed by atoms with Gasteiger partial charge in [0.25, 0.3) is 0 Å². The van der Waals surface area contributed by atoms with E-state index in [2.05, 4.69) is 13.0 Å². The van der Waals surface area contributed by atoms with Crippen molar-refractivity contribution in [1.82, 2.24) is 0 Å². The molecule has 1 aliphatic carbocycles. The lowest BCUT2D eigenvalue weighted by molar-refractivity contribution is 0.527. The minimum atomic E-state index is 1.36. The maximum Gasteiger partial charge on any atom is -0.0283 e. The van der Waals surface area contributed by atoms with E-state index < -0.39 is 0 Å². The van der Waals surface area contributed by atoms with Crippen molar-refractivity contribution in [2.75, 3.05) is 0 Å². The standard InChI is InChI=1S/C23H44/c1-2-3-4-5-6-7-8-9-10-11-12-13-14-15-16-17-18-19-20-23-21-22-23/h20H,2-19,21-22H2,1H3. The maximum atomic E-state index is 2.49. The lowest BCUT2D eigenvalue weighted by atomic mass is 10.0. The van der Waals surface area contributed by atoms with Gasteiger partial charge in [0.05, 0.1) is 0 Å². The molecule has 0 aliphatic heterocycles. The lowest BCUT2D eigenvalue weighted by Gasteiger charge is -2.03. The molecule has 0 saturated heterocycles. The molecule has 0 spiro atoms. The molecule has 0 amide bonds. The zero-order valence-corrected chi connectivity index (χ0v) is 16.2. The van der Waals surface area contributed by atoms with Crippen LogP contribution in [0.2, 0.25) is 0 Å². The molecule has 1 rings (SSSR count). The fraction of sp³-hybridized carbons (Fsp3) is 0.913. The van der Waals surface area contributed by atoms with E-state index in [-0.39, 0.29) is 0 Å². The second-order valence-corrected chi connectivity index (χ2v) is 7.81. The third-order valence-electron chi connectivity index (χ3n) is 5.28. The van der Waals surface area contributed by atoms with Crippen LogP contribution in [-0.4, -0.2) is 0 Å². The molecule has 0 aromatic rings. The van der Waals surface area contributed by atoms with Crippen LogP contribution in [0.3, 0.4) is 0 Å². The van der Waals surface area contributed by atoms with E-state index in [4.69, 9.17) is 0 Å². The quantitative estimate of drug-likeness (QED) is 0.175. The molecule has 0 unspecified atom stereocenters. The predicted molar refractivity (Wildman–Crippen MR) is 106 cm³/mol. The Hall–Kier alpha value is -0.260. The molecular weight excluding hydrogens is 276 g/mol. The van der Waals surface area contributed by atoms with Gasteiger partial charge in [0.2, 0.25) is 0 Å². The second-order valence-electron chi connectivity index (χ2n) is 7.81. The van der Waals surface area contributed by atoms with Gasteiger partial charge in [0.1, 0.15) is 0 Å². The van der Waals surface area contributed by atoms with Gasteiger partial charge < -0.3 is 0 Å². The first kappa shape index (κ1) is 20.8. The van der Waals surface area contributed by atoms with Crippen molar-refractivity contribution in [2.45, 2.75) is 135 Å². The maximum absolute atomic E-state index is 2.49. The van der Waals surface area contributed by atoms with Crippen LogP contribution in [0.15, 0.2) is 11.6 Å². The fourth-order valence-electron chi connectivity index (χ4n) is 3.45. The lowest BCUT2D eigenvalue weighted by Crippen LogP contribution is -1.83. The van der Waals surface area contributed by atoms with Gasteiger partial charge in [-0.2, -0.15) is 0 Å². The topological polar surface area (TPSA) is 0 Å². The van der Waals surface area contributed by atoms with Gasteiger partial charge in [-0.25, -0.2) is 0 Å².